The van der Waals surface area contributed by atoms with Crippen LogP contribution in [-0.4, -0.2) is 9.13 Å². The van der Waals surface area contributed by atoms with Crippen LogP contribution in [0.4, 0.5) is 34.1 Å². The highest BCUT2D eigenvalue weighted by Gasteiger charge is 2.20. The molecule has 112 heavy (non-hydrogen) atoms. The Morgan fingerprint density at radius 2 is 0.312 bits per heavy atom. The summed E-state index contributed by atoms with van der Waals surface area (Å²) in [6.07, 6.45) is 0. The van der Waals surface area contributed by atoms with E-state index >= 15 is 0 Å². The van der Waals surface area contributed by atoms with E-state index < -0.39 is 0 Å². The van der Waals surface area contributed by atoms with Gasteiger partial charge in [0.05, 0.1) is 22.1 Å². The number of benzene rings is 18. The number of para-hydroxylation sites is 3. The molecule has 0 atom stereocenters. The maximum absolute atomic E-state index is 2.39. The minimum atomic E-state index is 1.10. The van der Waals surface area contributed by atoms with E-state index in [9.17, 15) is 0 Å². The summed E-state index contributed by atoms with van der Waals surface area (Å²) in [6, 6.07) is 166. The third-order valence-corrected chi connectivity index (χ3v) is 21.6. The van der Waals surface area contributed by atoms with Crippen LogP contribution in [-0.2, 0) is 0 Å². The molecule has 0 spiro atoms. The second kappa shape index (κ2) is 30.4. The molecule has 0 amide bonds. The van der Waals surface area contributed by atoms with Crippen molar-refractivity contribution in [2.24, 2.45) is 0 Å². The summed E-state index contributed by atoms with van der Waals surface area (Å²) >= 11 is 0. The Morgan fingerprint density at radius 3 is 0.616 bits per heavy atom. The molecule has 20 aromatic rings. The Kier molecular flexibility index (Phi) is 18.4. The van der Waals surface area contributed by atoms with Gasteiger partial charge in [0.1, 0.15) is 0 Å². The third kappa shape index (κ3) is 13.6. The molecule has 0 radical (unpaired) electrons. The monoisotopic (exact) mass is 1430 g/mol. The van der Waals surface area contributed by atoms with Crippen LogP contribution in [0, 0.1) is 0 Å². The Balaban J connectivity index is 0.000000154. The van der Waals surface area contributed by atoms with E-state index in [0.717, 1.165) is 39.8 Å². The fourth-order valence-corrected chi connectivity index (χ4v) is 16.0. The zero-order valence-electron chi connectivity index (χ0n) is 61.7. The molecule has 528 valence electrons. The van der Waals surface area contributed by atoms with Crippen molar-refractivity contribution in [2.75, 3.05) is 9.80 Å². The first-order chi connectivity index (χ1) is 55.5. The van der Waals surface area contributed by atoms with E-state index in [2.05, 4.69) is 480 Å². The van der Waals surface area contributed by atoms with Crippen molar-refractivity contribution in [1.82, 2.24) is 9.13 Å². The van der Waals surface area contributed by atoms with Crippen molar-refractivity contribution in [3.05, 3.63) is 461 Å². The van der Waals surface area contributed by atoms with Gasteiger partial charge in [-0.1, -0.05) is 315 Å². The minimum Gasteiger partial charge on any atom is -0.311 e. The van der Waals surface area contributed by atoms with Crippen LogP contribution < -0.4 is 9.80 Å². The molecule has 0 aliphatic carbocycles. The molecule has 2 heterocycles. The first kappa shape index (κ1) is 67.7. The number of nitrogens with zero attached hydrogens (tertiary/aromatic N) is 4. The van der Waals surface area contributed by atoms with Crippen molar-refractivity contribution in [3.8, 4) is 100 Å². The van der Waals surface area contributed by atoms with Crippen molar-refractivity contribution in [1.29, 1.82) is 0 Å². The highest BCUT2D eigenvalue weighted by atomic mass is 15.1. The van der Waals surface area contributed by atoms with Gasteiger partial charge in [0.2, 0.25) is 0 Å². The zero-order valence-corrected chi connectivity index (χ0v) is 61.7. The van der Waals surface area contributed by atoms with Gasteiger partial charge >= 0.3 is 0 Å². The Morgan fingerprint density at radius 1 is 0.125 bits per heavy atom. The second-order valence-corrected chi connectivity index (χ2v) is 28.4. The van der Waals surface area contributed by atoms with Crippen LogP contribution in [0.15, 0.2) is 461 Å². The van der Waals surface area contributed by atoms with Crippen molar-refractivity contribution >= 4 is 77.7 Å². The molecule has 0 saturated carbocycles. The summed E-state index contributed by atoms with van der Waals surface area (Å²) in [5, 5.41) is 4.99. The first-order valence-electron chi connectivity index (χ1n) is 38.3. The molecule has 4 nitrogen and oxygen atoms in total. The van der Waals surface area contributed by atoms with Gasteiger partial charge in [-0.05, 0) is 235 Å². The normalized spacial score (nSPS) is 11.2. The largest absolute Gasteiger partial charge is 0.311 e. The summed E-state index contributed by atoms with van der Waals surface area (Å²) in [5.74, 6) is 0. The topological polar surface area (TPSA) is 16.3 Å². The highest BCUT2D eigenvalue weighted by Crippen LogP contribution is 2.44. The molecule has 0 bridgehead atoms. The van der Waals surface area contributed by atoms with Gasteiger partial charge in [0.25, 0.3) is 0 Å². The lowest BCUT2D eigenvalue weighted by molar-refractivity contribution is 1.18. The predicted molar refractivity (Wildman–Crippen MR) is 474 cm³/mol. The predicted octanol–water partition coefficient (Wildman–Crippen LogP) is 29.8. The van der Waals surface area contributed by atoms with Crippen molar-refractivity contribution < 1.29 is 0 Å². The molecule has 18 aromatic carbocycles. The molecule has 4 heteroatoms. The zero-order chi connectivity index (χ0) is 74.5. The van der Waals surface area contributed by atoms with Crippen LogP contribution >= 0.6 is 0 Å². The highest BCUT2D eigenvalue weighted by molar-refractivity contribution is 6.12. The number of hydrogen-bond donors (Lipinski definition) is 0. The molecule has 0 fully saturated rings. The fourth-order valence-electron chi connectivity index (χ4n) is 16.0. The molecular weight excluding hydrogens is 1350 g/mol. The summed E-state index contributed by atoms with van der Waals surface area (Å²) in [6.45, 7) is 0. The van der Waals surface area contributed by atoms with E-state index in [-0.39, 0.29) is 0 Å². The minimum absolute atomic E-state index is 1.10. The van der Waals surface area contributed by atoms with Crippen LogP contribution in [0.2, 0.25) is 0 Å². The van der Waals surface area contributed by atoms with E-state index in [1.54, 1.807) is 0 Å². The van der Waals surface area contributed by atoms with Gasteiger partial charge in [-0.25, -0.2) is 0 Å². The lowest BCUT2D eigenvalue weighted by Crippen LogP contribution is -2.09. The van der Waals surface area contributed by atoms with Crippen molar-refractivity contribution in [2.45, 2.75) is 0 Å². The van der Waals surface area contributed by atoms with E-state index in [1.165, 1.54) is 138 Å². The summed E-state index contributed by atoms with van der Waals surface area (Å²) in [4.78, 5) is 4.68. The Hall–Kier alpha value is -14.8. The maximum Gasteiger partial charge on any atom is 0.0541 e. The van der Waals surface area contributed by atoms with Crippen LogP contribution in [0.1, 0.15) is 0 Å². The van der Waals surface area contributed by atoms with Crippen LogP contribution in [0.5, 0.6) is 0 Å². The maximum atomic E-state index is 2.39. The number of aromatic nitrogens is 2. The number of anilines is 6. The smallest absolute Gasteiger partial charge is 0.0541 e. The standard InChI is InChI=1S/C60H42N2.C48H34N2/c1-5-14-43(15-6-1)46-24-32-54(33-25-46)61(55-34-26-47(27-35-55)44-16-7-2-8-17-44)56-36-28-48(29-37-56)49-20-13-21-50(40-49)52-31-39-60-58(42-52)57-41-51(45-18-9-3-10-19-45)30-38-59(57)62(60)53-22-11-4-12-23-53;1-4-12-35(13-5-1)37-20-27-42(28-21-37)49(43-29-22-38(23-30-43)36-14-6-2-7-15-36)44-31-24-39(25-32-44)40-26-33-48-46(34-40)45-18-10-11-19-47(45)50(48)41-16-8-3-9-17-41/h1-42H;1-34H. The fraction of sp³-hybridized carbons (Fsp3) is 0. The first-order valence-corrected chi connectivity index (χ1v) is 38.3. The average molecular weight is 1430 g/mol. The van der Waals surface area contributed by atoms with E-state index in [1.807, 2.05) is 0 Å². The second-order valence-electron chi connectivity index (χ2n) is 28.4. The van der Waals surface area contributed by atoms with Gasteiger partial charge in [-0.3, -0.25) is 0 Å². The summed E-state index contributed by atoms with van der Waals surface area (Å²) in [5.41, 5.74) is 33.0. The Bertz CT molecular complexity index is 6460. The van der Waals surface area contributed by atoms with E-state index in [0.29, 0.717) is 0 Å². The lowest BCUT2D eigenvalue weighted by atomic mass is 9.97. The quantitative estimate of drug-likeness (QED) is 0.0959. The van der Waals surface area contributed by atoms with Gasteiger partial charge < -0.3 is 18.9 Å². The summed E-state index contributed by atoms with van der Waals surface area (Å²) < 4.78 is 4.75. The molecule has 20 rings (SSSR count). The van der Waals surface area contributed by atoms with Gasteiger partial charge in [-0.2, -0.15) is 0 Å². The third-order valence-electron chi connectivity index (χ3n) is 21.6. The van der Waals surface area contributed by atoms with E-state index in [4.69, 9.17) is 0 Å². The molecule has 0 saturated heterocycles. The molecule has 0 aliphatic rings. The van der Waals surface area contributed by atoms with Crippen LogP contribution in [0.25, 0.3) is 144 Å². The van der Waals surface area contributed by atoms with Gasteiger partial charge in [0, 0.05) is 67.0 Å². The number of hydrogen-bond acceptors (Lipinski definition) is 2. The molecule has 0 N–H and O–H groups in total. The van der Waals surface area contributed by atoms with Gasteiger partial charge in [0.15, 0.2) is 0 Å². The van der Waals surface area contributed by atoms with Gasteiger partial charge in [-0.15, -0.1) is 0 Å². The number of fused-ring (bicyclic) bond motifs is 6. The Labute approximate surface area is 653 Å². The SMILES string of the molecule is c1ccc(-c2ccc(N(c3ccc(-c4ccccc4)cc3)c3ccc(-c4ccc5c(c4)c4ccccc4n5-c4ccccc4)cc3)cc2)cc1.c1ccc(-c2ccc(N(c3ccc(-c4ccccc4)cc3)c3ccc(-c4cccc(-c5ccc6c(c5)c5cc(-c7ccccc7)ccc5n6-c5ccccc5)c4)cc3)cc2)cc1. The molecule has 2 aromatic heterocycles. The van der Waals surface area contributed by atoms with Crippen molar-refractivity contribution in [3.63, 3.8) is 0 Å². The van der Waals surface area contributed by atoms with Crippen LogP contribution in [0.3, 0.4) is 0 Å². The number of rotatable bonds is 16. The summed E-state index contributed by atoms with van der Waals surface area (Å²) in [7, 11) is 0. The average Bonchev–Trinajstić information content (AvgIpc) is 1.58. The molecular formula is C108H76N4. The molecule has 0 unspecified atom stereocenters. The lowest BCUT2D eigenvalue weighted by Gasteiger charge is -2.26. The molecule has 0 aliphatic heterocycles.